The van der Waals surface area contributed by atoms with Crippen LogP contribution in [-0.4, -0.2) is 54.6 Å². The Balaban J connectivity index is 1.77. The lowest BCUT2D eigenvalue weighted by Gasteiger charge is -2.12. The number of carbonyl (C=O) groups is 3. The SMILES string of the molecule is CCCCNC(=O)c1cc(/C(=C/Nc2ccc(C(=O)O)c(C(F)(F)F)c2)N=N)nc(-c2cn(-c3ccc(C(=O)O)c(C(F)(F)F)c3)nn2)c1. The van der Waals surface area contributed by atoms with E-state index in [4.69, 9.17) is 10.6 Å². The van der Waals surface area contributed by atoms with E-state index in [2.05, 4.69) is 31.0 Å². The molecular formula is C30H24F6N8O5. The van der Waals surface area contributed by atoms with E-state index in [1.165, 1.54) is 12.1 Å². The van der Waals surface area contributed by atoms with E-state index < -0.39 is 52.5 Å². The van der Waals surface area contributed by atoms with Crippen LogP contribution in [0.25, 0.3) is 22.8 Å². The Kier molecular flexibility index (Phi) is 10.4. The molecule has 0 unspecified atom stereocenters. The molecule has 0 spiro atoms. The number of unbranched alkanes of at least 4 members (excludes halogenated alkanes) is 1. The number of aromatic carboxylic acids is 2. The van der Waals surface area contributed by atoms with Crippen molar-refractivity contribution >= 4 is 29.2 Å². The largest absolute Gasteiger partial charge is 0.478 e. The van der Waals surface area contributed by atoms with Gasteiger partial charge in [-0.2, -0.15) is 31.5 Å². The molecule has 0 atom stereocenters. The van der Waals surface area contributed by atoms with Gasteiger partial charge in [0.15, 0.2) is 0 Å². The maximum absolute atomic E-state index is 13.6. The summed E-state index contributed by atoms with van der Waals surface area (Å²) in [5.74, 6) is -4.17. The van der Waals surface area contributed by atoms with Crippen LogP contribution in [0.2, 0.25) is 0 Å². The lowest BCUT2D eigenvalue weighted by molar-refractivity contribution is -0.138. The minimum absolute atomic E-state index is 0.0180. The molecule has 0 aliphatic carbocycles. The van der Waals surface area contributed by atoms with Gasteiger partial charge in [-0.1, -0.05) is 18.6 Å². The first kappa shape index (κ1) is 35.7. The molecule has 0 bridgehead atoms. The van der Waals surface area contributed by atoms with Crippen LogP contribution in [0, 0.1) is 5.53 Å². The van der Waals surface area contributed by atoms with E-state index >= 15 is 0 Å². The second kappa shape index (κ2) is 14.3. The van der Waals surface area contributed by atoms with Crippen LogP contribution >= 0.6 is 0 Å². The van der Waals surface area contributed by atoms with Gasteiger partial charge >= 0.3 is 24.3 Å². The minimum atomic E-state index is -5.01. The Morgan fingerprint density at radius 1 is 0.918 bits per heavy atom. The highest BCUT2D eigenvalue weighted by Crippen LogP contribution is 2.35. The average molecular weight is 691 g/mol. The lowest BCUT2D eigenvalue weighted by Crippen LogP contribution is -2.24. The van der Waals surface area contributed by atoms with Gasteiger partial charge in [-0.25, -0.2) is 24.8 Å². The molecule has 5 N–H and O–H groups in total. The topological polar surface area (TPSA) is 196 Å². The monoisotopic (exact) mass is 690 g/mol. The van der Waals surface area contributed by atoms with Gasteiger partial charge in [0.2, 0.25) is 0 Å². The molecule has 13 nitrogen and oxygen atoms in total. The molecule has 2 aromatic heterocycles. The predicted molar refractivity (Wildman–Crippen MR) is 159 cm³/mol. The second-order valence-electron chi connectivity index (χ2n) is 10.2. The highest BCUT2D eigenvalue weighted by Gasteiger charge is 2.36. The van der Waals surface area contributed by atoms with Crippen molar-refractivity contribution in [3.63, 3.8) is 0 Å². The molecule has 49 heavy (non-hydrogen) atoms. The van der Waals surface area contributed by atoms with Gasteiger partial charge in [0, 0.05) is 24.0 Å². The van der Waals surface area contributed by atoms with Crippen molar-refractivity contribution in [1.82, 2.24) is 25.3 Å². The summed E-state index contributed by atoms with van der Waals surface area (Å²) in [4.78, 5) is 39.9. The summed E-state index contributed by atoms with van der Waals surface area (Å²) in [5.41, 5.74) is 1.80. The van der Waals surface area contributed by atoms with Crippen molar-refractivity contribution in [2.75, 3.05) is 11.9 Å². The van der Waals surface area contributed by atoms with Crippen molar-refractivity contribution in [2.24, 2.45) is 5.11 Å². The summed E-state index contributed by atoms with van der Waals surface area (Å²) in [7, 11) is 0. The van der Waals surface area contributed by atoms with Gasteiger partial charge in [-0.05, 0) is 55.0 Å². The molecule has 0 aliphatic rings. The summed E-state index contributed by atoms with van der Waals surface area (Å²) in [6.45, 7) is 2.20. The van der Waals surface area contributed by atoms with Crippen molar-refractivity contribution < 1.29 is 50.9 Å². The molecule has 256 valence electrons. The van der Waals surface area contributed by atoms with Crippen LogP contribution in [0.5, 0.6) is 0 Å². The van der Waals surface area contributed by atoms with Crippen LogP contribution < -0.4 is 10.6 Å². The first-order valence-corrected chi connectivity index (χ1v) is 14.0. The lowest BCUT2D eigenvalue weighted by atomic mass is 10.1. The molecule has 0 saturated carbocycles. The Labute approximate surface area is 271 Å². The second-order valence-corrected chi connectivity index (χ2v) is 10.2. The number of anilines is 1. The number of hydrogen-bond donors (Lipinski definition) is 5. The van der Waals surface area contributed by atoms with Gasteiger partial charge in [-0.15, -0.1) is 5.10 Å². The van der Waals surface area contributed by atoms with Crippen LogP contribution in [-0.2, 0) is 12.4 Å². The number of aromatic nitrogens is 4. The smallest absolute Gasteiger partial charge is 0.417 e. The molecule has 0 aliphatic heterocycles. The molecule has 4 aromatic rings. The van der Waals surface area contributed by atoms with Crippen LogP contribution in [0.15, 0.2) is 66.0 Å². The Bertz CT molecular complexity index is 1960. The van der Waals surface area contributed by atoms with E-state index in [1.807, 2.05) is 6.92 Å². The maximum atomic E-state index is 13.6. The molecule has 0 saturated heterocycles. The zero-order chi connectivity index (χ0) is 36.1. The number of carbonyl (C=O) groups excluding carboxylic acids is 1. The number of pyridine rings is 1. The van der Waals surface area contributed by atoms with Gasteiger partial charge in [0.25, 0.3) is 5.91 Å². The number of carboxylic acid groups (broad SMARTS) is 2. The highest BCUT2D eigenvalue weighted by molar-refractivity contribution is 5.96. The number of amides is 1. The number of hydrogen-bond acceptors (Lipinski definition) is 9. The van der Waals surface area contributed by atoms with Crippen molar-refractivity contribution in [2.45, 2.75) is 32.1 Å². The number of rotatable bonds is 12. The van der Waals surface area contributed by atoms with E-state index in [-0.39, 0.29) is 39.7 Å². The number of halogens is 6. The van der Waals surface area contributed by atoms with Crippen LogP contribution in [0.3, 0.4) is 0 Å². The fourth-order valence-electron chi connectivity index (χ4n) is 4.38. The number of benzene rings is 2. The van der Waals surface area contributed by atoms with Gasteiger partial charge in [-0.3, -0.25) is 4.79 Å². The Morgan fingerprint density at radius 2 is 1.55 bits per heavy atom. The van der Waals surface area contributed by atoms with E-state index in [0.717, 1.165) is 47.8 Å². The van der Waals surface area contributed by atoms with E-state index in [0.29, 0.717) is 25.1 Å². The number of carboxylic acids is 2. The summed E-state index contributed by atoms with van der Waals surface area (Å²) < 4.78 is 82.2. The Hall–Kier alpha value is -6.14. The standard InChI is InChI=1S/C30H24F6N8O5/c1-2-3-8-38-26(45)15-9-22(24(41-37)13-39-16-4-6-18(27(46)47)20(11-16)29(31,32)33)40-23(10-15)25-14-44(43-42-25)17-5-7-19(28(48)49)21(12-17)30(34,35)36/h4-7,9-14,37,39H,2-3,8H2,1H3,(H,38,45)(H,46,47)(H,48,49)/b24-13-,41-37?. The first-order chi connectivity index (χ1) is 23.0. The van der Waals surface area contributed by atoms with Gasteiger partial charge < -0.3 is 20.8 Å². The van der Waals surface area contributed by atoms with Crippen molar-refractivity contribution in [3.05, 3.63) is 94.4 Å². The van der Waals surface area contributed by atoms with Gasteiger partial charge in [0.05, 0.1) is 45.5 Å². The van der Waals surface area contributed by atoms with E-state index in [1.54, 1.807) is 0 Å². The zero-order valence-electron chi connectivity index (χ0n) is 25.0. The summed E-state index contributed by atoms with van der Waals surface area (Å²) in [5, 5.41) is 34.6. The molecule has 4 rings (SSSR count). The van der Waals surface area contributed by atoms with E-state index in [9.17, 15) is 45.8 Å². The molecule has 19 heteroatoms. The molecule has 2 heterocycles. The summed E-state index contributed by atoms with van der Waals surface area (Å²) in [6.07, 6.45) is -6.46. The molecule has 0 radical (unpaired) electrons. The normalized spacial score (nSPS) is 12.0. The number of alkyl halides is 6. The number of nitrogens with zero attached hydrogens (tertiary/aromatic N) is 5. The van der Waals surface area contributed by atoms with Gasteiger partial charge in [0.1, 0.15) is 11.4 Å². The third-order valence-electron chi connectivity index (χ3n) is 6.78. The minimum Gasteiger partial charge on any atom is -0.478 e. The fraction of sp³-hybridized carbons (Fsp3) is 0.200. The highest BCUT2D eigenvalue weighted by atomic mass is 19.4. The average Bonchev–Trinajstić information content (AvgIpc) is 3.54. The quantitative estimate of drug-likeness (QED) is 0.0608. The summed E-state index contributed by atoms with van der Waals surface area (Å²) >= 11 is 0. The maximum Gasteiger partial charge on any atom is 0.417 e. The first-order valence-electron chi connectivity index (χ1n) is 14.0. The molecule has 2 aromatic carbocycles. The van der Waals surface area contributed by atoms with Crippen LogP contribution in [0.4, 0.5) is 32.0 Å². The third-order valence-corrected chi connectivity index (χ3v) is 6.78. The summed E-state index contributed by atoms with van der Waals surface area (Å²) in [6, 6.07) is 7.25. The number of nitrogens with one attached hydrogen (secondary N) is 3. The molecule has 1 amide bonds. The fourth-order valence-corrected chi connectivity index (χ4v) is 4.38. The zero-order valence-corrected chi connectivity index (χ0v) is 25.0. The Morgan fingerprint density at radius 3 is 2.14 bits per heavy atom. The third kappa shape index (κ3) is 8.42. The van der Waals surface area contributed by atoms with Crippen LogP contribution in [0.1, 0.15) is 67.7 Å². The molecule has 0 fully saturated rings. The van der Waals surface area contributed by atoms with Crippen molar-refractivity contribution in [1.29, 1.82) is 5.53 Å². The van der Waals surface area contributed by atoms with Crippen molar-refractivity contribution in [3.8, 4) is 17.1 Å². The molecular weight excluding hydrogens is 666 g/mol. The predicted octanol–water partition coefficient (Wildman–Crippen LogP) is 6.73.